The smallest absolute Gasteiger partial charge is 0.289 e. The summed E-state index contributed by atoms with van der Waals surface area (Å²) in [4.78, 5) is 0. The molecule has 0 aliphatic rings. The largest absolute Gasteiger partial charge is 0.462 e. The second-order valence-corrected chi connectivity index (χ2v) is 4.25. The Labute approximate surface area is 104 Å². The van der Waals surface area contributed by atoms with Crippen molar-refractivity contribution in [3.8, 4) is 0 Å². The molecular weight excluding hydrogens is 334 g/mol. The van der Waals surface area contributed by atoms with Crippen molar-refractivity contribution in [1.29, 1.82) is 0 Å². The van der Waals surface area contributed by atoms with Crippen molar-refractivity contribution in [3.05, 3.63) is 0 Å². The first-order chi connectivity index (χ1) is 7.13. The summed E-state index contributed by atoms with van der Waals surface area (Å²) < 4.78 is 95.2. The van der Waals surface area contributed by atoms with Gasteiger partial charge in [-0.15, -0.1) is 0 Å². The fourth-order valence-electron chi connectivity index (χ4n) is 0.436. The zero-order chi connectivity index (χ0) is 14.3. The molecule has 0 radical (unpaired) electrons. The zero-order valence-corrected chi connectivity index (χ0v) is 9.41. The number of halogens is 11. The molecular formula is C5HCl3F8O. The predicted molar refractivity (Wildman–Crippen MR) is 42.2 cm³/mol. The Balaban J connectivity index is 5.04. The number of ether oxygens (including phenoxy) is 1. The summed E-state index contributed by atoms with van der Waals surface area (Å²) >= 11 is 13.4. The molecule has 0 aromatic carbocycles. The molecule has 0 aliphatic carbocycles. The van der Waals surface area contributed by atoms with E-state index < -0.39 is 28.4 Å². The third-order valence-corrected chi connectivity index (χ3v) is 2.24. The minimum Gasteiger partial charge on any atom is -0.289 e. The maximum Gasteiger partial charge on any atom is 0.462 e. The highest BCUT2D eigenvalue weighted by atomic mass is 35.5. The Morgan fingerprint density at radius 1 is 0.824 bits per heavy atom. The van der Waals surface area contributed by atoms with Gasteiger partial charge in [0.2, 0.25) is 0 Å². The van der Waals surface area contributed by atoms with Crippen LogP contribution in [0.1, 0.15) is 0 Å². The standard InChI is InChI=1S/C5HCl3F8O/c6-1(2(7,8)9)17-5(15,16)3(10,11)4(12,13)14/h1H. The molecule has 0 aromatic heterocycles. The van der Waals surface area contributed by atoms with E-state index in [9.17, 15) is 35.1 Å². The number of alkyl halides is 11. The number of hydrogen-bond acceptors (Lipinski definition) is 1. The minimum absolute atomic E-state index is 2.72. The van der Waals surface area contributed by atoms with E-state index in [2.05, 4.69) is 39.5 Å². The Hall–Kier alpha value is 0.270. The second-order valence-electron chi connectivity index (χ2n) is 2.56. The van der Waals surface area contributed by atoms with Gasteiger partial charge in [0.15, 0.2) is 5.56 Å². The van der Waals surface area contributed by atoms with Gasteiger partial charge in [-0.05, 0) is 0 Å². The monoisotopic (exact) mass is 334 g/mol. The van der Waals surface area contributed by atoms with Crippen molar-refractivity contribution < 1.29 is 39.9 Å². The van der Waals surface area contributed by atoms with Gasteiger partial charge in [0.25, 0.3) is 4.59 Å². The van der Waals surface area contributed by atoms with Crippen LogP contribution in [0, 0.1) is 0 Å². The molecule has 104 valence electrons. The summed E-state index contributed by atoms with van der Waals surface area (Å²) in [5, 5.41) is 0. The first-order valence-electron chi connectivity index (χ1n) is 3.34. The van der Waals surface area contributed by atoms with Crippen LogP contribution >= 0.6 is 34.8 Å². The first-order valence-corrected chi connectivity index (χ1v) is 4.53. The van der Waals surface area contributed by atoms with Gasteiger partial charge in [-0.3, -0.25) is 4.74 Å². The number of rotatable bonds is 4. The quantitative estimate of drug-likeness (QED) is 0.544. The molecule has 0 N–H and O–H groups in total. The lowest BCUT2D eigenvalue weighted by molar-refractivity contribution is -0.428. The van der Waals surface area contributed by atoms with Gasteiger partial charge in [0.05, 0.1) is 0 Å². The summed E-state index contributed by atoms with van der Waals surface area (Å²) in [6.07, 6.45) is -12.8. The van der Waals surface area contributed by atoms with Gasteiger partial charge >= 0.3 is 18.2 Å². The van der Waals surface area contributed by atoms with Crippen LogP contribution in [0.25, 0.3) is 0 Å². The highest BCUT2D eigenvalue weighted by molar-refractivity contribution is 6.50. The van der Waals surface area contributed by atoms with E-state index in [1.54, 1.807) is 0 Å². The zero-order valence-electron chi connectivity index (χ0n) is 7.14. The molecule has 0 heterocycles. The third kappa shape index (κ3) is 3.87. The maximum atomic E-state index is 12.4. The third-order valence-electron chi connectivity index (χ3n) is 1.23. The second kappa shape index (κ2) is 4.75. The molecule has 17 heavy (non-hydrogen) atoms. The molecule has 1 unspecified atom stereocenters. The topological polar surface area (TPSA) is 9.23 Å². The van der Waals surface area contributed by atoms with E-state index in [0.29, 0.717) is 0 Å². The van der Waals surface area contributed by atoms with Crippen molar-refractivity contribution in [1.82, 2.24) is 0 Å². The molecule has 0 aromatic rings. The summed E-state index contributed by atoms with van der Waals surface area (Å²) in [6.45, 7) is 0. The molecule has 0 rings (SSSR count). The molecule has 12 heteroatoms. The van der Waals surface area contributed by atoms with Gasteiger partial charge in [0.1, 0.15) is 0 Å². The highest BCUT2D eigenvalue weighted by Crippen LogP contribution is 2.49. The Morgan fingerprint density at radius 2 is 1.18 bits per heavy atom. The van der Waals surface area contributed by atoms with Gasteiger partial charge in [0, 0.05) is 0 Å². The van der Waals surface area contributed by atoms with Crippen LogP contribution in [-0.4, -0.2) is 28.4 Å². The minimum atomic E-state index is -6.63. The lowest BCUT2D eigenvalue weighted by Gasteiger charge is -2.30. The fraction of sp³-hybridized carbons (Fsp3) is 1.00. The summed E-state index contributed by atoms with van der Waals surface area (Å²) in [7, 11) is 0. The van der Waals surface area contributed by atoms with Gasteiger partial charge in [-0.2, -0.15) is 30.7 Å². The average molecular weight is 335 g/mol. The van der Waals surface area contributed by atoms with Crippen LogP contribution in [0.4, 0.5) is 35.1 Å². The Morgan fingerprint density at radius 3 is 1.41 bits per heavy atom. The molecule has 0 spiro atoms. The molecule has 1 atom stereocenters. The lowest BCUT2D eigenvalue weighted by atomic mass is 10.3. The molecule has 0 saturated carbocycles. The maximum absolute atomic E-state index is 12.4. The molecule has 0 aliphatic heterocycles. The van der Waals surface area contributed by atoms with Crippen LogP contribution in [0.2, 0.25) is 0 Å². The van der Waals surface area contributed by atoms with Crippen LogP contribution < -0.4 is 0 Å². The summed E-state index contributed by atoms with van der Waals surface area (Å²) in [5.41, 5.74) is -3.14. The predicted octanol–water partition coefficient (Wildman–Crippen LogP) is 4.46. The van der Waals surface area contributed by atoms with Crippen LogP contribution in [0.3, 0.4) is 0 Å². The molecule has 0 saturated heterocycles. The summed E-state index contributed by atoms with van der Waals surface area (Å²) in [5.74, 6) is -6.59. The van der Waals surface area contributed by atoms with Crippen molar-refractivity contribution in [2.75, 3.05) is 0 Å². The van der Waals surface area contributed by atoms with Gasteiger partial charge in [-0.1, -0.05) is 34.8 Å². The SMILES string of the molecule is FC(Cl)(Cl)C(Cl)OC(F)(F)C(F)(F)C(F)(F)F. The Bertz CT molecular complexity index is 271. The van der Waals surface area contributed by atoms with E-state index in [1.165, 1.54) is 0 Å². The van der Waals surface area contributed by atoms with E-state index in [4.69, 9.17) is 0 Å². The fourth-order valence-corrected chi connectivity index (χ4v) is 0.637. The van der Waals surface area contributed by atoms with Crippen molar-refractivity contribution in [2.24, 2.45) is 0 Å². The van der Waals surface area contributed by atoms with Gasteiger partial charge < -0.3 is 0 Å². The average Bonchev–Trinajstić information content (AvgIpc) is 1.98. The van der Waals surface area contributed by atoms with E-state index >= 15 is 0 Å². The van der Waals surface area contributed by atoms with Crippen LogP contribution in [0.15, 0.2) is 0 Å². The van der Waals surface area contributed by atoms with Crippen LogP contribution in [-0.2, 0) is 4.74 Å². The molecule has 1 nitrogen and oxygen atoms in total. The van der Waals surface area contributed by atoms with Crippen molar-refractivity contribution in [2.45, 2.75) is 28.4 Å². The summed E-state index contributed by atoms with van der Waals surface area (Å²) in [6, 6.07) is 0. The highest BCUT2D eigenvalue weighted by Gasteiger charge is 2.75. The normalized spacial score (nSPS) is 17.1. The molecule has 0 fully saturated rings. The van der Waals surface area contributed by atoms with Gasteiger partial charge in [-0.25, -0.2) is 4.39 Å². The molecule has 0 bridgehead atoms. The molecule has 0 amide bonds. The van der Waals surface area contributed by atoms with Crippen LogP contribution in [0.5, 0.6) is 0 Å². The van der Waals surface area contributed by atoms with Crippen molar-refractivity contribution >= 4 is 34.8 Å². The van der Waals surface area contributed by atoms with E-state index in [0.717, 1.165) is 0 Å². The Kier molecular flexibility index (Phi) is 4.82. The van der Waals surface area contributed by atoms with E-state index in [1.807, 2.05) is 0 Å². The van der Waals surface area contributed by atoms with Crippen molar-refractivity contribution in [3.63, 3.8) is 0 Å². The first kappa shape index (κ1) is 17.3. The van der Waals surface area contributed by atoms with E-state index in [-0.39, 0.29) is 0 Å². The lowest BCUT2D eigenvalue weighted by Crippen LogP contribution is -2.55. The number of hydrogen-bond donors (Lipinski definition) is 0.